The molecular weight excluding hydrogens is 448 g/mol. The van der Waals surface area contributed by atoms with Gasteiger partial charge in [0.1, 0.15) is 24.7 Å². The molecule has 6 nitrogen and oxygen atoms in total. The van der Waals surface area contributed by atoms with Gasteiger partial charge in [0.25, 0.3) is 0 Å². The van der Waals surface area contributed by atoms with Crippen molar-refractivity contribution in [3.63, 3.8) is 0 Å². The van der Waals surface area contributed by atoms with Gasteiger partial charge in [-0.1, -0.05) is 25.8 Å². The number of benzene rings is 1. The Hall–Kier alpha value is -2.54. The molecule has 1 saturated carbocycles. The summed E-state index contributed by atoms with van der Waals surface area (Å²) in [7, 11) is 1.63. The lowest BCUT2D eigenvalue weighted by Crippen LogP contribution is -2.51. The zero-order valence-corrected chi connectivity index (χ0v) is 21.3. The van der Waals surface area contributed by atoms with Crippen LogP contribution >= 0.6 is 11.3 Å². The number of nitrogens with zero attached hydrogens (tertiary/aromatic N) is 2. The van der Waals surface area contributed by atoms with Gasteiger partial charge in [0.15, 0.2) is 0 Å². The molecule has 0 bridgehead atoms. The Morgan fingerprint density at radius 2 is 1.97 bits per heavy atom. The van der Waals surface area contributed by atoms with Crippen molar-refractivity contribution in [1.29, 1.82) is 0 Å². The molecule has 2 aliphatic rings. The van der Waals surface area contributed by atoms with E-state index >= 15 is 0 Å². The third-order valence-corrected chi connectivity index (χ3v) is 8.28. The third-order valence-electron chi connectivity index (χ3n) is 7.28. The van der Waals surface area contributed by atoms with E-state index in [1.54, 1.807) is 18.4 Å². The minimum atomic E-state index is -0.172. The van der Waals surface area contributed by atoms with Crippen molar-refractivity contribution in [2.45, 2.75) is 64.5 Å². The van der Waals surface area contributed by atoms with Crippen LogP contribution in [0.1, 0.15) is 62.4 Å². The second-order valence-corrected chi connectivity index (χ2v) is 10.3. The summed E-state index contributed by atoms with van der Waals surface area (Å²) >= 11 is 1.74. The second-order valence-electron chi connectivity index (χ2n) is 9.35. The van der Waals surface area contributed by atoms with E-state index in [-0.39, 0.29) is 36.4 Å². The van der Waals surface area contributed by atoms with Crippen LogP contribution in [0.15, 0.2) is 35.7 Å². The predicted octanol–water partition coefficient (Wildman–Crippen LogP) is 5.08. The average Bonchev–Trinajstić information content (AvgIpc) is 3.57. The van der Waals surface area contributed by atoms with Crippen LogP contribution in [0, 0.1) is 5.92 Å². The van der Waals surface area contributed by atoms with Gasteiger partial charge in [0.05, 0.1) is 13.2 Å². The number of carbonyl (C=O) groups is 2. The highest BCUT2D eigenvalue weighted by atomic mass is 32.1. The van der Waals surface area contributed by atoms with E-state index in [2.05, 4.69) is 25.3 Å². The molecule has 2 atom stereocenters. The van der Waals surface area contributed by atoms with E-state index in [9.17, 15) is 9.59 Å². The molecule has 4 rings (SSSR count). The van der Waals surface area contributed by atoms with Crippen LogP contribution in [0.4, 0.5) is 0 Å². The topological polar surface area (TPSA) is 59.1 Å². The Morgan fingerprint density at radius 1 is 1.21 bits per heavy atom. The fourth-order valence-electron chi connectivity index (χ4n) is 5.06. The van der Waals surface area contributed by atoms with E-state index in [0.717, 1.165) is 49.8 Å². The van der Waals surface area contributed by atoms with Gasteiger partial charge in [0.2, 0.25) is 11.8 Å². The molecule has 34 heavy (non-hydrogen) atoms. The smallest absolute Gasteiger partial charge is 0.242 e. The zero-order valence-electron chi connectivity index (χ0n) is 20.5. The monoisotopic (exact) mass is 484 g/mol. The van der Waals surface area contributed by atoms with Crippen LogP contribution in [0.3, 0.4) is 0 Å². The standard InChI is InChI=1S/C27H36N2O4S/c1-4-19(2)29(27(31)20-8-5-6-9-20)17-26(30)28-14-12-25-23(13-15-34-25)24(28)18-33-22-11-7-10-21(16-22)32-3/h7,10-11,13,15-16,19-20,24H,4-6,8-9,12,14,17-18H2,1-3H3. The zero-order chi connectivity index (χ0) is 24.1. The van der Waals surface area contributed by atoms with Crippen molar-refractivity contribution in [3.05, 3.63) is 46.2 Å². The molecule has 0 spiro atoms. The Balaban J connectivity index is 1.51. The fraction of sp³-hybridized carbons (Fsp3) is 0.556. The highest BCUT2D eigenvalue weighted by Crippen LogP contribution is 2.35. The lowest BCUT2D eigenvalue weighted by Gasteiger charge is -2.38. The summed E-state index contributed by atoms with van der Waals surface area (Å²) in [6.07, 6.45) is 5.78. The van der Waals surface area contributed by atoms with Gasteiger partial charge in [-0.25, -0.2) is 0 Å². The summed E-state index contributed by atoms with van der Waals surface area (Å²) in [5.74, 6) is 1.67. The maximum absolute atomic E-state index is 13.7. The SMILES string of the molecule is CCC(C)N(CC(=O)N1CCc2sccc2C1COc1cccc(OC)c1)C(=O)C1CCCC1. The molecule has 7 heteroatoms. The highest BCUT2D eigenvalue weighted by molar-refractivity contribution is 7.10. The summed E-state index contributed by atoms with van der Waals surface area (Å²) < 4.78 is 11.5. The molecule has 2 unspecified atom stereocenters. The first-order valence-electron chi connectivity index (χ1n) is 12.4. The summed E-state index contributed by atoms with van der Waals surface area (Å²) in [5, 5.41) is 2.09. The number of ether oxygens (including phenoxy) is 2. The van der Waals surface area contributed by atoms with Crippen molar-refractivity contribution in [2.24, 2.45) is 5.92 Å². The maximum atomic E-state index is 13.7. The fourth-order valence-corrected chi connectivity index (χ4v) is 5.98. The van der Waals surface area contributed by atoms with E-state index in [1.807, 2.05) is 34.1 Å². The summed E-state index contributed by atoms with van der Waals surface area (Å²) in [5.41, 5.74) is 1.16. The largest absolute Gasteiger partial charge is 0.497 e. The summed E-state index contributed by atoms with van der Waals surface area (Å²) in [6, 6.07) is 9.51. The molecule has 1 fully saturated rings. The molecule has 0 N–H and O–H groups in total. The van der Waals surface area contributed by atoms with Gasteiger partial charge < -0.3 is 19.3 Å². The predicted molar refractivity (Wildman–Crippen MR) is 134 cm³/mol. The number of amides is 2. The van der Waals surface area contributed by atoms with Crippen molar-refractivity contribution < 1.29 is 19.1 Å². The molecule has 0 radical (unpaired) electrons. The lowest BCUT2D eigenvalue weighted by molar-refractivity contribution is -0.146. The second kappa shape index (κ2) is 11.3. The Bertz CT molecular complexity index is 985. The molecule has 1 aromatic heterocycles. The molecule has 1 aromatic carbocycles. The summed E-state index contributed by atoms with van der Waals surface area (Å²) in [6.45, 7) is 5.27. The normalized spacial score (nSPS) is 18.9. The van der Waals surface area contributed by atoms with Crippen molar-refractivity contribution in [3.8, 4) is 11.5 Å². The van der Waals surface area contributed by atoms with Crippen LogP contribution in [0.5, 0.6) is 11.5 Å². The van der Waals surface area contributed by atoms with Crippen LogP contribution < -0.4 is 9.47 Å². The first-order chi connectivity index (χ1) is 16.5. The van der Waals surface area contributed by atoms with Crippen LogP contribution in [-0.4, -0.2) is 54.5 Å². The van der Waals surface area contributed by atoms with Gasteiger partial charge in [0, 0.05) is 29.4 Å². The Labute approximate surface area is 206 Å². The number of carbonyl (C=O) groups excluding carboxylic acids is 2. The molecule has 1 aliphatic carbocycles. The molecule has 2 heterocycles. The van der Waals surface area contributed by atoms with Gasteiger partial charge in [-0.15, -0.1) is 11.3 Å². The number of methoxy groups -OCH3 is 1. The van der Waals surface area contributed by atoms with Crippen molar-refractivity contribution >= 4 is 23.2 Å². The highest BCUT2D eigenvalue weighted by Gasteiger charge is 2.36. The maximum Gasteiger partial charge on any atom is 0.242 e. The van der Waals surface area contributed by atoms with Crippen LogP contribution in [0.25, 0.3) is 0 Å². The first kappa shape index (κ1) is 24.6. The molecular formula is C27H36N2O4S. The Kier molecular flexibility index (Phi) is 8.14. The third kappa shape index (κ3) is 5.40. The Morgan fingerprint density at radius 3 is 2.71 bits per heavy atom. The number of hydrogen-bond donors (Lipinski definition) is 0. The van der Waals surface area contributed by atoms with Crippen LogP contribution in [0.2, 0.25) is 0 Å². The molecule has 0 saturated heterocycles. The van der Waals surface area contributed by atoms with E-state index in [4.69, 9.17) is 9.47 Å². The molecule has 184 valence electrons. The first-order valence-corrected chi connectivity index (χ1v) is 13.3. The minimum absolute atomic E-state index is 0.00254. The van der Waals surface area contributed by atoms with E-state index < -0.39 is 0 Å². The average molecular weight is 485 g/mol. The van der Waals surface area contributed by atoms with Gasteiger partial charge >= 0.3 is 0 Å². The van der Waals surface area contributed by atoms with E-state index in [0.29, 0.717) is 18.9 Å². The number of rotatable bonds is 9. The minimum Gasteiger partial charge on any atom is -0.497 e. The number of fused-ring (bicyclic) bond motifs is 1. The van der Waals surface area contributed by atoms with Gasteiger partial charge in [-0.05, 0) is 61.7 Å². The molecule has 1 aliphatic heterocycles. The molecule has 2 aromatic rings. The van der Waals surface area contributed by atoms with Crippen LogP contribution in [-0.2, 0) is 16.0 Å². The lowest BCUT2D eigenvalue weighted by atomic mass is 10.00. The summed E-state index contributed by atoms with van der Waals surface area (Å²) in [4.78, 5) is 32.0. The van der Waals surface area contributed by atoms with Crippen molar-refractivity contribution in [1.82, 2.24) is 9.80 Å². The number of thiophene rings is 1. The van der Waals surface area contributed by atoms with Crippen molar-refractivity contribution in [2.75, 3.05) is 26.8 Å². The van der Waals surface area contributed by atoms with E-state index in [1.165, 1.54) is 4.88 Å². The van der Waals surface area contributed by atoms with Gasteiger partial charge in [-0.3, -0.25) is 9.59 Å². The van der Waals surface area contributed by atoms with Gasteiger partial charge in [-0.2, -0.15) is 0 Å². The quantitative estimate of drug-likeness (QED) is 0.498. The molecule has 2 amide bonds. The number of hydrogen-bond acceptors (Lipinski definition) is 5.